The number of carbonyl (C=O) groups excluding carboxylic acids is 2. The largest absolute Gasteiger partial charge is 0.271 e. The Morgan fingerprint density at radius 2 is 1.86 bits per heavy atom. The van der Waals surface area contributed by atoms with Crippen molar-refractivity contribution < 1.29 is 14.5 Å². The number of hydrogen-bond acceptors (Lipinski definition) is 4. The first kappa shape index (κ1) is 12.5. The van der Waals surface area contributed by atoms with E-state index >= 15 is 0 Å². The number of non-ortho nitro benzene ring substituents is 1. The normalized spacial score (nSPS) is 30.1. The lowest BCUT2D eigenvalue weighted by Gasteiger charge is -2.29. The van der Waals surface area contributed by atoms with Gasteiger partial charge in [0.25, 0.3) is 17.5 Å². The summed E-state index contributed by atoms with van der Waals surface area (Å²) in [5.74, 6) is 0.379. The molecule has 108 valence electrons. The second-order valence-corrected chi connectivity index (χ2v) is 6.21. The molecule has 4 rings (SSSR count). The van der Waals surface area contributed by atoms with Gasteiger partial charge in [-0.3, -0.25) is 24.6 Å². The highest BCUT2D eigenvalue weighted by Crippen LogP contribution is 2.48. The van der Waals surface area contributed by atoms with E-state index in [0.717, 1.165) is 19.3 Å². The van der Waals surface area contributed by atoms with E-state index < -0.39 is 4.92 Å². The van der Waals surface area contributed by atoms with E-state index in [0.29, 0.717) is 17.4 Å². The van der Waals surface area contributed by atoms with Gasteiger partial charge in [-0.05, 0) is 37.2 Å². The maximum atomic E-state index is 12.5. The molecule has 3 unspecified atom stereocenters. The number of fused-ring (bicyclic) bond motifs is 3. The number of amides is 2. The first-order chi connectivity index (χ1) is 10.1. The van der Waals surface area contributed by atoms with Crippen molar-refractivity contribution in [2.24, 2.45) is 11.8 Å². The number of carbonyl (C=O) groups is 2. The zero-order valence-electron chi connectivity index (χ0n) is 11.3. The summed E-state index contributed by atoms with van der Waals surface area (Å²) in [6.45, 7) is 0. The minimum Gasteiger partial charge on any atom is -0.271 e. The Morgan fingerprint density at radius 1 is 1.10 bits per heavy atom. The summed E-state index contributed by atoms with van der Waals surface area (Å²) < 4.78 is 0. The quantitative estimate of drug-likeness (QED) is 0.475. The van der Waals surface area contributed by atoms with Crippen molar-refractivity contribution in [3.05, 3.63) is 39.4 Å². The van der Waals surface area contributed by atoms with E-state index in [-0.39, 0.29) is 29.1 Å². The van der Waals surface area contributed by atoms with Gasteiger partial charge < -0.3 is 0 Å². The topological polar surface area (TPSA) is 80.5 Å². The monoisotopic (exact) mass is 286 g/mol. The summed E-state index contributed by atoms with van der Waals surface area (Å²) in [6.07, 6.45) is 4.25. The molecule has 0 spiro atoms. The molecule has 3 atom stereocenters. The number of rotatable bonds is 2. The third-order valence-electron chi connectivity index (χ3n) is 5.14. The average molecular weight is 286 g/mol. The van der Waals surface area contributed by atoms with Crippen LogP contribution in [-0.4, -0.2) is 27.7 Å². The van der Waals surface area contributed by atoms with Crippen molar-refractivity contribution in [1.82, 2.24) is 4.90 Å². The molecule has 1 heterocycles. The smallest absolute Gasteiger partial charge is 0.270 e. The van der Waals surface area contributed by atoms with Gasteiger partial charge in [0.15, 0.2) is 0 Å². The van der Waals surface area contributed by atoms with Crippen LogP contribution in [0, 0.1) is 22.0 Å². The van der Waals surface area contributed by atoms with E-state index in [1.165, 1.54) is 29.5 Å². The third kappa shape index (κ3) is 1.65. The molecule has 2 aliphatic carbocycles. The van der Waals surface area contributed by atoms with Crippen molar-refractivity contribution in [1.29, 1.82) is 0 Å². The maximum absolute atomic E-state index is 12.5. The second-order valence-electron chi connectivity index (χ2n) is 6.21. The summed E-state index contributed by atoms with van der Waals surface area (Å²) in [5.41, 5.74) is 0.329. The standard InChI is InChI=1S/C15H14N2O4/c18-14-11-4-3-10(17(20)21)7-12(11)15(19)16(14)13-6-8-1-2-9(13)5-8/h3-4,7-9,13H,1-2,5-6H2. The first-order valence-electron chi connectivity index (χ1n) is 7.22. The lowest BCUT2D eigenvalue weighted by Crippen LogP contribution is -2.42. The summed E-state index contributed by atoms with van der Waals surface area (Å²) in [7, 11) is 0. The summed E-state index contributed by atoms with van der Waals surface area (Å²) in [4.78, 5) is 36.7. The lowest BCUT2D eigenvalue weighted by atomic mass is 9.94. The Kier molecular flexibility index (Phi) is 2.46. The molecule has 6 heteroatoms. The van der Waals surface area contributed by atoms with Gasteiger partial charge in [-0.15, -0.1) is 0 Å². The molecule has 0 radical (unpaired) electrons. The minimum atomic E-state index is -0.543. The summed E-state index contributed by atoms with van der Waals surface area (Å²) >= 11 is 0. The van der Waals surface area contributed by atoms with E-state index in [2.05, 4.69) is 0 Å². The molecule has 2 amide bonds. The molecule has 21 heavy (non-hydrogen) atoms. The zero-order chi connectivity index (χ0) is 14.7. The van der Waals surface area contributed by atoms with Crippen LogP contribution in [0.4, 0.5) is 5.69 Å². The number of hydrogen-bond donors (Lipinski definition) is 0. The zero-order valence-corrected chi connectivity index (χ0v) is 11.3. The molecule has 3 aliphatic rings. The number of nitro benzene ring substituents is 1. The predicted octanol–water partition coefficient (Wildman–Crippen LogP) is 2.38. The fraction of sp³-hybridized carbons (Fsp3) is 0.467. The lowest BCUT2D eigenvalue weighted by molar-refractivity contribution is -0.384. The fourth-order valence-electron chi connectivity index (χ4n) is 4.19. The van der Waals surface area contributed by atoms with Gasteiger partial charge in [0.05, 0.1) is 16.1 Å². The molecule has 0 saturated heterocycles. The number of nitro groups is 1. The van der Waals surface area contributed by atoms with E-state index in [9.17, 15) is 19.7 Å². The number of imide groups is 1. The minimum absolute atomic E-state index is 0.0183. The van der Waals surface area contributed by atoms with Crippen molar-refractivity contribution in [2.75, 3.05) is 0 Å². The molecule has 1 aromatic carbocycles. The van der Waals surface area contributed by atoms with Crippen LogP contribution in [-0.2, 0) is 0 Å². The van der Waals surface area contributed by atoms with Crippen LogP contribution >= 0.6 is 0 Å². The van der Waals surface area contributed by atoms with Crippen LogP contribution in [0.15, 0.2) is 18.2 Å². The molecule has 2 fully saturated rings. The Bertz CT molecular complexity index is 684. The summed E-state index contributed by atoms with van der Waals surface area (Å²) in [5, 5.41) is 10.8. The fourth-order valence-corrected chi connectivity index (χ4v) is 4.19. The van der Waals surface area contributed by atoms with Gasteiger partial charge in [-0.25, -0.2) is 0 Å². The van der Waals surface area contributed by atoms with Crippen LogP contribution in [0.2, 0.25) is 0 Å². The van der Waals surface area contributed by atoms with Crippen LogP contribution in [0.1, 0.15) is 46.4 Å². The molecule has 6 nitrogen and oxygen atoms in total. The van der Waals surface area contributed by atoms with Crippen LogP contribution < -0.4 is 0 Å². The molecule has 1 aromatic rings. The highest BCUT2D eigenvalue weighted by atomic mass is 16.6. The summed E-state index contributed by atoms with van der Waals surface area (Å²) in [6, 6.07) is 3.90. The van der Waals surface area contributed by atoms with Gasteiger partial charge in [-0.1, -0.05) is 6.42 Å². The third-order valence-corrected chi connectivity index (χ3v) is 5.14. The molecule has 0 N–H and O–H groups in total. The van der Waals surface area contributed by atoms with Crippen LogP contribution in [0.25, 0.3) is 0 Å². The molecular weight excluding hydrogens is 272 g/mol. The Morgan fingerprint density at radius 3 is 2.48 bits per heavy atom. The number of nitrogens with zero attached hydrogens (tertiary/aromatic N) is 2. The average Bonchev–Trinajstić information content (AvgIpc) is 3.14. The Balaban J connectivity index is 1.72. The molecule has 2 bridgehead atoms. The van der Waals surface area contributed by atoms with Crippen molar-refractivity contribution >= 4 is 17.5 Å². The number of benzene rings is 1. The van der Waals surface area contributed by atoms with Crippen LogP contribution in [0.5, 0.6) is 0 Å². The van der Waals surface area contributed by atoms with Gasteiger partial charge in [0.1, 0.15) is 0 Å². The van der Waals surface area contributed by atoms with Crippen molar-refractivity contribution in [2.45, 2.75) is 31.7 Å². The second kappa shape index (κ2) is 4.13. The maximum Gasteiger partial charge on any atom is 0.270 e. The van der Waals surface area contributed by atoms with Crippen molar-refractivity contribution in [3.63, 3.8) is 0 Å². The van der Waals surface area contributed by atoms with Gasteiger partial charge in [0.2, 0.25) is 0 Å². The van der Waals surface area contributed by atoms with E-state index in [1.807, 2.05) is 0 Å². The van der Waals surface area contributed by atoms with Crippen LogP contribution in [0.3, 0.4) is 0 Å². The molecule has 0 aromatic heterocycles. The SMILES string of the molecule is O=C1c2ccc([N+](=O)[O-])cc2C(=O)N1C1CC2CCC1C2. The first-order valence-corrected chi connectivity index (χ1v) is 7.22. The molecular formula is C15H14N2O4. The molecule has 1 aliphatic heterocycles. The van der Waals surface area contributed by atoms with Gasteiger partial charge >= 0.3 is 0 Å². The van der Waals surface area contributed by atoms with Gasteiger partial charge in [-0.2, -0.15) is 0 Å². The van der Waals surface area contributed by atoms with E-state index in [1.54, 1.807) is 0 Å². The van der Waals surface area contributed by atoms with Gasteiger partial charge in [0, 0.05) is 18.2 Å². The molecule has 2 saturated carbocycles. The Labute approximate surface area is 120 Å². The highest BCUT2D eigenvalue weighted by Gasteiger charge is 2.49. The predicted molar refractivity (Wildman–Crippen MR) is 72.8 cm³/mol. The Hall–Kier alpha value is -2.24. The van der Waals surface area contributed by atoms with Crippen molar-refractivity contribution in [3.8, 4) is 0 Å². The highest BCUT2D eigenvalue weighted by molar-refractivity contribution is 6.21. The van der Waals surface area contributed by atoms with E-state index in [4.69, 9.17) is 0 Å².